The second-order valence-electron chi connectivity index (χ2n) is 4.67. The molecule has 0 saturated carbocycles. The first kappa shape index (κ1) is 15.3. The molecule has 2 rings (SSSR count). The van der Waals surface area contributed by atoms with Crippen LogP contribution >= 0.6 is 11.6 Å². The zero-order chi connectivity index (χ0) is 15.6. The van der Waals surface area contributed by atoms with Crippen LogP contribution in [-0.2, 0) is 0 Å². The number of aromatic carboxylic acids is 1. The van der Waals surface area contributed by atoms with Crippen molar-refractivity contribution in [3.05, 3.63) is 46.4 Å². The Morgan fingerprint density at radius 1 is 1.43 bits per heavy atom. The van der Waals surface area contributed by atoms with E-state index in [1.165, 1.54) is 6.07 Å². The van der Waals surface area contributed by atoms with E-state index in [1.54, 1.807) is 19.2 Å². The van der Waals surface area contributed by atoms with E-state index in [0.29, 0.717) is 16.5 Å². The summed E-state index contributed by atoms with van der Waals surface area (Å²) in [4.78, 5) is 10.8. The van der Waals surface area contributed by atoms with Crippen molar-refractivity contribution in [2.45, 2.75) is 19.9 Å². The Morgan fingerprint density at radius 2 is 2.14 bits per heavy atom. The Balaban J connectivity index is 2.24. The monoisotopic (exact) mass is 309 g/mol. The molecule has 5 nitrogen and oxygen atoms in total. The predicted octanol–water partition coefficient (Wildman–Crippen LogP) is 4.12. The molecule has 6 heteroatoms. The van der Waals surface area contributed by atoms with Crippen LogP contribution < -0.4 is 10.1 Å². The first-order valence-electron chi connectivity index (χ1n) is 6.36. The van der Waals surface area contributed by atoms with E-state index in [0.717, 1.165) is 11.3 Å². The number of carboxylic acid groups (broad SMARTS) is 1. The average molecular weight is 310 g/mol. The van der Waals surface area contributed by atoms with Crippen molar-refractivity contribution in [3.8, 4) is 5.75 Å². The van der Waals surface area contributed by atoms with Crippen molar-refractivity contribution >= 4 is 23.3 Å². The number of hydrogen-bond donors (Lipinski definition) is 2. The zero-order valence-corrected chi connectivity index (χ0v) is 12.7. The van der Waals surface area contributed by atoms with E-state index in [4.69, 9.17) is 25.9 Å². The normalized spacial score (nSPS) is 12.0. The van der Waals surface area contributed by atoms with Gasteiger partial charge in [-0.25, -0.2) is 4.79 Å². The van der Waals surface area contributed by atoms with Gasteiger partial charge in [0.25, 0.3) is 0 Å². The van der Waals surface area contributed by atoms with Crippen LogP contribution in [0.1, 0.15) is 34.8 Å². The summed E-state index contributed by atoms with van der Waals surface area (Å²) in [5.41, 5.74) is 1.68. The fourth-order valence-electron chi connectivity index (χ4n) is 1.95. The molecule has 21 heavy (non-hydrogen) atoms. The number of carboxylic acids is 1. The minimum atomic E-state index is -1.09. The van der Waals surface area contributed by atoms with E-state index in [1.807, 2.05) is 19.9 Å². The molecule has 0 amide bonds. The van der Waals surface area contributed by atoms with Crippen LogP contribution in [0.15, 0.2) is 28.7 Å². The highest BCUT2D eigenvalue weighted by atomic mass is 35.5. The lowest BCUT2D eigenvalue weighted by atomic mass is 10.1. The van der Waals surface area contributed by atoms with Crippen LogP contribution in [0.2, 0.25) is 5.02 Å². The third kappa shape index (κ3) is 3.31. The van der Waals surface area contributed by atoms with Crippen molar-refractivity contribution in [3.63, 3.8) is 0 Å². The first-order valence-corrected chi connectivity index (χ1v) is 6.74. The molecule has 1 heterocycles. The smallest absolute Gasteiger partial charge is 0.371 e. The molecule has 0 saturated heterocycles. The molecule has 0 radical (unpaired) electrons. The molecule has 0 bridgehead atoms. The van der Waals surface area contributed by atoms with E-state index in [-0.39, 0.29) is 11.8 Å². The number of hydrogen-bond acceptors (Lipinski definition) is 4. The van der Waals surface area contributed by atoms with E-state index >= 15 is 0 Å². The maximum Gasteiger partial charge on any atom is 0.371 e. The maximum absolute atomic E-state index is 10.8. The van der Waals surface area contributed by atoms with Gasteiger partial charge in [-0.3, -0.25) is 0 Å². The van der Waals surface area contributed by atoms with Crippen molar-refractivity contribution in [1.29, 1.82) is 0 Å². The van der Waals surface area contributed by atoms with Gasteiger partial charge in [0.15, 0.2) is 0 Å². The van der Waals surface area contributed by atoms with Gasteiger partial charge in [0, 0.05) is 11.1 Å². The lowest BCUT2D eigenvalue weighted by Gasteiger charge is -2.17. The fraction of sp³-hybridized carbons (Fsp3) is 0.267. The Morgan fingerprint density at radius 3 is 2.71 bits per heavy atom. The number of ether oxygens (including phenoxy) is 1. The van der Waals surface area contributed by atoms with Gasteiger partial charge in [-0.1, -0.05) is 11.6 Å². The molecule has 1 unspecified atom stereocenters. The van der Waals surface area contributed by atoms with Gasteiger partial charge in [0.05, 0.1) is 18.8 Å². The SMILES string of the molecule is COc1cc(Cl)c(C)cc1NC(C)c1ccc(C(=O)O)o1. The fourth-order valence-corrected chi connectivity index (χ4v) is 2.10. The van der Waals surface area contributed by atoms with Crippen molar-refractivity contribution in [2.75, 3.05) is 12.4 Å². The first-order chi connectivity index (χ1) is 9.92. The predicted molar refractivity (Wildman–Crippen MR) is 80.4 cm³/mol. The number of rotatable bonds is 5. The summed E-state index contributed by atoms with van der Waals surface area (Å²) in [5.74, 6) is -0.0317. The number of aryl methyl sites for hydroxylation is 1. The average Bonchev–Trinajstić information content (AvgIpc) is 2.92. The van der Waals surface area contributed by atoms with Crippen LogP contribution in [0, 0.1) is 6.92 Å². The van der Waals surface area contributed by atoms with Gasteiger partial charge >= 0.3 is 5.97 Å². The number of halogens is 1. The van der Waals surface area contributed by atoms with Crippen LogP contribution in [0.3, 0.4) is 0 Å². The molecule has 1 aromatic carbocycles. The standard InChI is InChI=1S/C15H16ClNO4/c1-8-6-11(14(20-3)7-10(8)16)17-9(2)12-4-5-13(21-12)15(18)19/h4-7,9,17H,1-3H3,(H,18,19). The second-order valence-corrected chi connectivity index (χ2v) is 5.08. The Bertz CT molecular complexity index is 666. The molecule has 112 valence electrons. The molecular formula is C15H16ClNO4. The number of benzene rings is 1. The van der Waals surface area contributed by atoms with E-state index in [2.05, 4.69) is 5.32 Å². The maximum atomic E-state index is 10.8. The van der Waals surface area contributed by atoms with Gasteiger partial charge in [-0.05, 0) is 37.6 Å². The highest BCUT2D eigenvalue weighted by molar-refractivity contribution is 6.31. The quantitative estimate of drug-likeness (QED) is 0.869. The molecule has 1 atom stereocenters. The zero-order valence-electron chi connectivity index (χ0n) is 11.9. The van der Waals surface area contributed by atoms with Crippen molar-refractivity contribution < 1.29 is 19.1 Å². The van der Waals surface area contributed by atoms with Gasteiger partial charge in [-0.2, -0.15) is 0 Å². The van der Waals surface area contributed by atoms with Crippen molar-refractivity contribution in [1.82, 2.24) is 0 Å². The molecule has 0 spiro atoms. The Kier molecular flexibility index (Phi) is 4.43. The van der Waals surface area contributed by atoms with Gasteiger partial charge in [0.1, 0.15) is 11.5 Å². The summed E-state index contributed by atoms with van der Waals surface area (Å²) < 4.78 is 10.6. The summed E-state index contributed by atoms with van der Waals surface area (Å²) in [5, 5.41) is 12.7. The second kappa shape index (κ2) is 6.10. The lowest BCUT2D eigenvalue weighted by molar-refractivity contribution is 0.0660. The molecule has 0 fully saturated rings. The lowest BCUT2D eigenvalue weighted by Crippen LogP contribution is -2.07. The van der Waals surface area contributed by atoms with Gasteiger partial charge < -0.3 is 19.6 Å². The molecule has 2 N–H and O–H groups in total. The molecule has 2 aromatic rings. The molecule has 0 aliphatic heterocycles. The number of nitrogens with one attached hydrogen (secondary N) is 1. The third-order valence-corrected chi connectivity index (χ3v) is 3.52. The van der Waals surface area contributed by atoms with Crippen LogP contribution in [-0.4, -0.2) is 18.2 Å². The largest absolute Gasteiger partial charge is 0.495 e. The number of furan rings is 1. The number of anilines is 1. The molecule has 0 aliphatic carbocycles. The van der Waals surface area contributed by atoms with Crippen LogP contribution in [0.4, 0.5) is 5.69 Å². The molecule has 0 aliphatic rings. The van der Waals surface area contributed by atoms with Gasteiger partial charge in [-0.15, -0.1) is 0 Å². The van der Waals surface area contributed by atoms with E-state index in [9.17, 15) is 4.79 Å². The highest BCUT2D eigenvalue weighted by Gasteiger charge is 2.16. The number of methoxy groups -OCH3 is 1. The highest BCUT2D eigenvalue weighted by Crippen LogP contribution is 2.33. The summed E-state index contributed by atoms with van der Waals surface area (Å²) in [6.07, 6.45) is 0. The van der Waals surface area contributed by atoms with Gasteiger partial charge in [0.2, 0.25) is 5.76 Å². The summed E-state index contributed by atoms with van der Waals surface area (Å²) >= 11 is 6.06. The Labute approximate surface area is 127 Å². The van der Waals surface area contributed by atoms with Crippen LogP contribution in [0.5, 0.6) is 5.75 Å². The van der Waals surface area contributed by atoms with Crippen LogP contribution in [0.25, 0.3) is 0 Å². The topological polar surface area (TPSA) is 71.7 Å². The minimum absolute atomic E-state index is 0.0853. The summed E-state index contributed by atoms with van der Waals surface area (Å²) in [6.45, 7) is 3.76. The number of carbonyl (C=O) groups is 1. The van der Waals surface area contributed by atoms with Crippen molar-refractivity contribution in [2.24, 2.45) is 0 Å². The molecular weight excluding hydrogens is 294 g/mol. The molecule has 1 aromatic heterocycles. The third-order valence-electron chi connectivity index (χ3n) is 3.12. The van der Waals surface area contributed by atoms with E-state index < -0.39 is 5.97 Å². The summed E-state index contributed by atoms with van der Waals surface area (Å²) in [7, 11) is 1.56. The summed E-state index contributed by atoms with van der Waals surface area (Å²) in [6, 6.07) is 6.46. The Hall–Kier alpha value is -2.14. The minimum Gasteiger partial charge on any atom is -0.495 e.